The van der Waals surface area contributed by atoms with Gasteiger partial charge in [-0.3, -0.25) is 14.9 Å². The molecule has 0 radical (unpaired) electrons. The van der Waals surface area contributed by atoms with Gasteiger partial charge >= 0.3 is 5.97 Å². The summed E-state index contributed by atoms with van der Waals surface area (Å²) in [6, 6.07) is 9.56. The Hall–Kier alpha value is -1.59. The fourth-order valence-electron chi connectivity index (χ4n) is 2.50. The number of benzene rings is 1. The molecule has 1 aromatic carbocycles. The van der Waals surface area contributed by atoms with Crippen molar-refractivity contribution in [2.45, 2.75) is 51.2 Å². The van der Waals surface area contributed by atoms with E-state index < -0.39 is 12.0 Å². The molecule has 1 atom stereocenters. The highest BCUT2D eigenvalue weighted by molar-refractivity contribution is 5.85. The first-order valence-corrected chi connectivity index (χ1v) is 7.91. The molecule has 1 aliphatic carbocycles. The van der Waals surface area contributed by atoms with E-state index in [1.807, 2.05) is 42.2 Å². The molecule has 1 aromatic rings. The predicted octanol–water partition coefficient (Wildman–Crippen LogP) is 2.44. The zero-order valence-corrected chi connectivity index (χ0v) is 14.2. The molecule has 1 aliphatic rings. The quantitative estimate of drug-likeness (QED) is 0.724. The third kappa shape index (κ3) is 6.20. The molecule has 1 unspecified atom stereocenters. The van der Waals surface area contributed by atoms with Gasteiger partial charge in [-0.05, 0) is 24.8 Å². The molecule has 5 nitrogen and oxygen atoms in total. The Morgan fingerprint density at radius 3 is 2.48 bits per heavy atom. The van der Waals surface area contributed by atoms with Crippen molar-refractivity contribution in [3.05, 3.63) is 35.9 Å². The second-order valence-corrected chi connectivity index (χ2v) is 5.80. The van der Waals surface area contributed by atoms with Crippen LogP contribution in [-0.2, 0) is 16.1 Å². The summed E-state index contributed by atoms with van der Waals surface area (Å²) in [5.41, 5.74) is 1.10. The molecule has 0 aromatic heterocycles. The molecule has 0 heterocycles. The van der Waals surface area contributed by atoms with Crippen LogP contribution in [0.15, 0.2) is 30.3 Å². The summed E-state index contributed by atoms with van der Waals surface area (Å²) in [5, 5.41) is 12.0. The predicted molar refractivity (Wildman–Crippen MR) is 91.6 cm³/mol. The SMILES string of the molecule is CCCC(NCC(=O)N(Cc1ccccc1)C1CC1)C(=O)O.Cl. The highest BCUT2D eigenvalue weighted by Crippen LogP contribution is 2.28. The molecule has 0 saturated heterocycles. The van der Waals surface area contributed by atoms with E-state index in [-0.39, 0.29) is 24.9 Å². The number of hydrogen-bond donors (Lipinski definition) is 2. The van der Waals surface area contributed by atoms with Crippen LogP contribution in [0.1, 0.15) is 38.2 Å². The van der Waals surface area contributed by atoms with Crippen molar-refractivity contribution in [2.24, 2.45) is 0 Å². The minimum Gasteiger partial charge on any atom is -0.480 e. The van der Waals surface area contributed by atoms with E-state index in [1.54, 1.807) is 0 Å². The summed E-state index contributed by atoms with van der Waals surface area (Å²) in [6.45, 7) is 2.61. The number of amides is 1. The Balaban J connectivity index is 0.00000264. The maximum atomic E-state index is 12.4. The summed E-state index contributed by atoms with van der Waals surface area (Å²) in [7, 11) is 0. The number of nitrogens with one attached hydrogen (secondary N) is 1. The van der Waals surface area contributed by atoms with Crippen molar-refractivity contribution >= 4 is 24.3 Å². The van der Waals surface area contributed by atoms with E-state index in [2.05, 4.69) is 5.32 Å². The Kier molecular flexibility index (Phi) is 8.06. The minimum absolute atomic E-state index is 0. The van der Waals surface area contributed by atoms with Gasteiger partial charge in [0.2, 0.25) is 5.91 Å². The summed E-state index contributed by atoms with van der Waals surface area (Å²) in [5.74, 6) is -0.913. The second kappa shape index (κ2) is 9.53. The third-order valence-electron chi connectivity index (χ3n) is 3.88. The van der Waals surface area contributed by atoms with Crippen LogP contribution in [0, 0.1) is 0 Å². The average molecular weight is 341 g/mol. The number of carbonyl (C=O) groups is 2. The van der Waals surface area contributed by atoms with Crippen molar-refractivity contribution in [3.8, 4) is 0 Å². The summed E-state index contributed by atoms with van der Waals surface area (Å²) in [6.07, 6.45) is 3.38. The fourth-order valence-corrected chi connectivity index (χ4v) is 2.50. The van der Waals surface area contributed by atoms with Gasteiger partial charge in [0.05, 0.1) is 6.54 Å². The molecule has 1 saturated carbocycles. The number of carboxylic acid groups (broad SMARTS) is 1. The summed E-state index contributed by atoms with van der Waals surface area (Å²) >= 11 is 0. The van der Waals surface area contributed by atoms with Gasteiger partial charge in [0.25, 0.3) is 0 Å². The van der Waals surface area contributed by atoms with Gasteiger partial charge in [0.1, 0.15) is 6.04 Å². The van der Waals surface area contributed by atoms with Gasteiger partial charge in [0.15, 0.2) is 0 Å². The smallest absolute Gasteiger partial charge is 0.320 e. The fraction of sp³-hybridized carbons (Fsp3) is 0.529. The highest BCUT2D eigenvalue weighted by atomic mass is 35.5. The molecule has 23 heavy (non-hydrogen) atoms. The monoisotopic (exact) mass is 340 g/mol. The van der Waals surface area contributed by atoms with Crippen LogP contribution < -0.4 is 5.32 Å². The standard InChI is InChI=1S/C17H24N2O3.ClH/c1-2-6-15(17(21)22)18-11-16(20)19(14-9-10-14)12-13-7-4-3-5-8-13;/h3-5,7-8,14-15,18H,2,6,9-12H2,1H3,(H,21,22);1H. The third-order valence-corrected chi connectivity index (χ3v) is 3.88. The maximum absolute atomic E-state index is 12.4. The van der Waals surface area contributed by atoms with Crippen LogP contribution >= 0.6 is 12.4 Å². The first-order chi connectivity index (χ1) is 10.6. The highest BCUT2D eigenvalue weighted by Gasteiger charge is 2.32. The van der Waals surface area contributed by atoms with E-state index in [4.69, 9.17) is 5.11 Å². The normalized spacial score (nSPS) is 14.7. The Labute approximate surface area is 143 Å². The molecule has 0 spiro atoms. The van der Waals surface area contributed by atoms with Crippen molar-refractivity contribution < 1.29 is 14.7 Å². The first-order valence-electron chi connectivity index (χ1n) is 7.91. The molecule has 1 fully saturated rings. The number of rotatable bonds is 9. The molecular weight excluding hydrogens is 316 g/mol. The van der Waals surface area contributed by atoms with Crippen LogP contribution in [0.3, 0.4) is 0 Å². The van der Waals surface area contributed by atoms with Crippen molar-refractivity contribution in [3.63, 3.8) is 0 Å². The number of nitrogens with zero attached hydrogens (tertiary/aromatic N) is 1. The van der Waals surface area contributed by atoms with E-state index in [0.717, 1.165) is 24.8 Å². The number of carbonyl (C=O) groups excluding carboxylic acids is 1. The summed E-state index contributed by atoms with van der Waals surface area (Å²) in [4.78, 5) is 25.4. The lowest BCUT2D eigenvalue weighted by Crippen LogP contribution is -2.45. The zero-order chi connectivity index (χ0) is 15.9. The molecule has 128 valence electrons. The van der Waals surface area contributed by atoms with E-state index in [1.165, 1.54) is 0 Å². The van der Waals surface area contributed by atoms with E-state index >= 15 is 0 Å². The van der Waals surface area contributed by atoms with Gasteiger partial charge in [0, 0.05) is 12.6 Å². The number of carboxylic acids is 1. The lowest BCUT2D eigenvalue weighted by Gasteiger charge is -2.24. The van der Waals surface area contributed by atoms with Crippen LogP contribution in [0.25, 0.3) is 0 Å². The van der Waals surface area contributed by atoms with Crippen LogP contribution in [0.2, 0.25) is 0 Å². The van der Waals surface area contributed by atoms with Crippen molar-refractivity contribution in [2.75, 3.05) is 6.54 Å². The molecule has 6 heteroatoms. The number of hydrogen-bond acceptors (Lipinski definition) is 3. The van der Waals surface area contributed by atoms with Crippen LogP contribution in [0.5, 0.6) is 0 Å². The zero-order valence-electron chi connectivity index (χ0n) is 13.4. The second-order valence-electron chi connectivity index (χ2n) is 5.80. The van der Waals surface area contributed by atoms with Gasteiger partial charge in [-0.15, -0.1) is 12.4 Å². The Bertz CT molecular complexity index is 506. The number of aliphatic carboxylic acids is 1. The lowest BCUT2D eigenvalue weighted by molar-refractivity contribution is -0.140. The Morgan fingerprint density at radius 1 is 1.30 bits per heavy atom. The first kappa shape index (κ1) is 19.5. The lowest BCUT2D eigenvalue weighted by atomic mass is 10.1. The number of halogens is 1. The van der Waals surface area contributed by atoms with Crippen molar-refractivity contribution in [1.82, 2.24) is 10.2 Å². The van der Waals surface area contributed by atoms with Gasteiger partial charge in [-0.2, -0.15) is 0 Å². The van der Waals surface area contributed by atoms with Crippen LogP contribution in [0.4, 0.5) is 0 Å². The van der Waals surface area contributed by atoms with E-state index in [0.29, 0.717) is 19.0 Å². The van der Waals surface area contributed by atoms with Gasteiger partial charge < -0.3 is 10.0 Å². The van der Waals surface area contributed by atoms with Crippen LogP contribution in [-0.4, -0.2) is 40.5 Å². The molecule has 1 amide bonds. The topological polar surface area (TPSA) is 69.6 Å². The molecule has 0 bridgehead atoms. The minimum atomic E-state index is -0.893. The van der Waals surface area contributed by atoms with E-state index in [9.17, 15) is 9.59 Å². The largest absolute Gasteiger partial charge is 0.480 e. The molecule has 0 aliphatic heterocycles. The average Bonchev–Trinajstić information content (AvgIpc) is 3.34. The molecule has 2 N–H and O–H groups in total. The molecular formula is C17H25ClN2O3. The van der Waals surface area contributed by atoms with Gasteiger partial charge in [-0.25, -0.2) is 0 Å². The molecule has 2 rings (SSSR count). The Morgan fingerprint density at radius 2 is 1.96 bits per heavy atom. The van der Waals surface area contributed by atoms with Crippen molar-refractivity contribution in [1.29, 1.82) is 0 Å². The van der Waals surface area contributed by atoms with Gasteiger partial charge in [-0.1, -0.05) is 43.7 Å². The summed E-state index contributed by atoms with van der Waals surface area (Å²) < 4.78 is 0. The maximum Gasteiger partial charge on any atom is 0.320 e.